The summed E-state index contributed by atoms with van der Waals surface area (Å²) in [6.45, 7) is 11.9. The molecule has 2 heteroatoms. The Hall–Kier alpha value is -0.0800. The maximum absolute atomic E-state index is 3.45. The van der Waals surface area contributed by atoms with E-state index in [-0.39, 0.29) is 0 Å². The van der Waals surface area contributed by atoms with E-state index in [1.165, 1.54) is 71.1 Å². The third-order valence-electron chi connectivity index (χ3n) is 4.46. The molecule has 0 aliphatic carbocycles. The Labute approximate surface area is 108 Å². The minimum atomic E-state index is 0.453. The van der Waals surface area contributed by atoms with E-state index >= 15 is 0 Å². The molecule has 1 unspecified atom stereocenters. The van der Waals surface area contributed by atoms with Gasteiger partial charge in [-0.2, -0.15) is 0 Å². The van der Waals surface area contributed by atoms with Crippen molar-refractivity contribution >= 4 is 0 Å². The summed E-state index contributed by atoms with van der Waals surface area (Å²) >= 11 is 0. The molecule has 1 fully saturated rings. The minimum Gasteiger partial charge on any atom is -0.314 e. The highest BCUT2D eigenvalue weighted by atomic mass is 15.2. The average molecular weight is 240 g/mol. The SMILES string of the molecule is CCCCCCCC(C)(CC)N1CCNCC1. The zero-order valence-electron chi connectivity index (χ0n) is 12.2. The summed E-state index contributed by atoms with van der Waals surface area (Å²) in [6.07, 6.45) is 9.70. The summed E-state index contributed by atoms with van der Waals surface area (Å²) in [5, 5.41) is 3.45. The Kier molecular flexibility index (Phi) is 7.14. The third kappa shape index (κ3) is 4.97. The first-order valence-electron chi connectivity index (χ1n) is 7.68. The van der Waals surface area contributed by atoms with Gasteiger partial charge in [0.05, 0.1) is 0 Å². The maximum atomic E-state index is 3.45. The van der Waals surface area contributed by atoms with Crippen molar-refractivity contribution in [3.05, 3.63) is 0 Å². The van der Waals surface area contributed by atoms with Crippen LogP contribution in [0, 0.1) is 0 Å². The summed E-state index contributed by atoms with van der Waals surface area (Å²) < 4.78 is 0. The van der Waals surface area contributed by atoms with Crippen molar-refractivity contribution in [1.29, 1.82) is 0 Å². The van der Waals surface area contributed by atoms with Crippen molar-refractivity contribution < 1.29 is 0 Å². The fourth-order valence-electron chi connectivity index (χ4n) is 2.87. The molecule has 0 aromatic rings. The van der Waals surface area contributed by atoms with Crippen LogP contribution in [0.3, 0.4) is 0 Å². The Bertz CT molecular complexity index is 187. The van der Waals surface area contributed by atoms with Crippen molar-refractivity contribution in [3.8, 4) is 0 Å². The van der Waals surface area contributed by atoms with E-state index in [2.05, 4.69) is 31.0 Å². The number of hydrogen-bond donors (Lipinski definition) is 1. The number of rotatable bonds is 8. The quantitative estimate of drug-likeness (QED) is 0.654. The number of hydrogen-bond acceptors (Lipinski definition) is 2. The molecule has 1 saturated heterocycles. The zero-order chi connectivity index (χ0) is 12.6. The van der Waals surface area contributed by atoms with Gasteiger partial charge in [-0.1, -0.05) is 46.0 Å². The number of nitrogens with zero attached hydrogens (tertiary/aromatic N) is 1. The summed E-state index contributed by atoms with van der Waals surface area (Å²) in [7, 11) is 0. The van der Waals surface area contributed by atoms with E-state index in [0.717, 1.165) is 0 Å². The van der Waals surface area contributed by atoms with Crippen molar-refractivity contribution in [2.24, 2.45) is 0 Å². The molecule has 0 aromatic heterocycles. The molecule has 1 aliphatic heterocycles. The van der Waals surface area contributed by atoms with Gasteiger partial charge < -0.3 is 5.32 Å². The zero-order valence-corrected chi connectivity index (χ0v) is 12.2. The van der Waals surface area contributed by atoms with Crippen molar-refractivity contribution in [2.45, 2.75) is 71.3 Å². The molecule has 0 bridgehead atoms. The standard InChI is InChI=1S/C15H32N2/c1-4-6-7-8-9-10-15(3,5-2)17-13-11-16-12-14-17/h16H,4-14H2,1-3H3. The predicted octanol–water partition coefficient (Wildman–Crippen LogP) is 3.42. The van der Waals surface area contributed by atoms with Gasteiger partial charge in [0.15, 0.2) is 0 Å². The summed E-state index contributed by atoms with van der Waals surface area (Å²) in [5.41, 5.74) is 0.453. The molecule has 1 heterocycles. The first kappa shape index (κ1) is 15.0. The van der Waals surface area contributed by atoms with Crippen LogP contribution < -0.4 is 5.32 Å². The summed E-state index contributed by atoms with van der Waals surface area (Å²) in [6, 6.07) is 0. The van der Waals surface area contributed by atoms with Crippen molar-refractivity contribution in [2.75, 3.05) is 26.2 Å². The molecule has 102 valence electrons. The molecule has 1 N–H and O–H groups in total. The molecule has 0 saturated carbocycles. The monoisotopic (exact) mass is 240 g/mol. The first-order chi connectivity index (χ1) is 8.23. The molecule has 0 radical (unpaired) electrons. The molecule has 0 aromatic carbocycles. The minimum absolute atomic E-state index is 0.453. The number of unbranched alkanes of at least 4 members (excludes halogenated alkanes) is 4. The Morgan fingerprint density at radius 3 is 2.24 bits per heavy atom. The van der Waals surface area contributed by atoms with Crippen molar-refractivity contribution in [3.63, 3.8) is 0 Å². The van der Waals surface area contributed by atoms with Gasteiger partial charge in [0, 0.05) is 31.7 Å². The highest BCUT2D eigenvalue weighted by Gasteiger charge is 2.29. The first-order valence-corrected chi connectivity index (χ1v) is 7.68. The third-order valence-corrected chi connectivity index (χ3v) is 4.46. The molecule has 0 spiro atoms. The molecular formula is C15H32N2. The van der Waals surface area contributed by atoms with Crippen LogP contribution in [0.15, 0.2) is 0 Å². The van der Waals surface area contributed by atoms with Gasteiger partial charge in [0.2, 0.25) is 0 Å². The maximum Gasteiger partial charge on any atom is 0.0179 e. The van der Waals surface area contributed by atoms with E-state index in [1.54, 1.807) is 0 Å². The number of piperazine rings is 1. The van der Waals surface area contributed by atoms with Gasteiger partial charge in [0.1, 0.15) is 0 Å². The van der Waals surface area contributed by atoms with Crippen LogP contribution in [0.2, 0.25) is 0 Å². The Morgan fingerprint density at radius 2 is 1.65 bits per heavy atom. The second-order valence-corrected chi connectivity index (χ2v) is 5.75. The molecule has 1 rings (SSSR count). The molecular weight excluding hydrogens is 208 g/mol. The lowest BCUT2D eigenvalue weighted by atomic mass is 9.88. The van der Waals surface area contributed by atoms with Crippen LogP contribution in [0.5, 0.6) is 0 Å². The normalized spacial score (nSPS) is 21.4. The highest BCUT2D eigenvalue weighted by molar-refractivity contribution is 4.87. The number of nitrogens with one attached hydrogen (secondary N) is 1. The van der Waals surface area contributed by atoms with Crippen LogP contribution in [-0.2, 0) is 0 Å². The van der Waals surface area contributed by atoms with Crippen molar-refractivity contribution in [1.82, 2.24) is 10.2 Å². The van der Waals surface area contributed by atoms with E-state index in [0.29, 0.717) is 5.54 Å². The van der Waals surface area contributed by atoms with Gasteiger partial charge in [-0.25, -0.2) is 0 Å². The Balaban J connectivity index is 2.28. The van der Waals surface area contributed by atoms with Crippen LogP contribution in [0.1, 0.15) is 65.7 Å². The van der Waals surface area contributed by atoms with Gasteiger partial charge in [-0.05, 0) is 19.8 Å². The predicted molar refractivity (Wildman–Crippen MR) is 76.5 cm³/mol. The molecule has 2 nitrogen and oxygen atoms in total. The van der Waals surface area contributed by atoms with Gasteiger partial charge in [-0.3, -0.25) is 4.90 Å². The molecule has 1 atom stereocenters. The van der Waals surface area contributed by atoms with E-state index in [4.69, 9.17) is 0 Å². The molecule has 17 heavy (non-hydrogen) atoms. The van der Waals surface area contributed by atoms with E-state index in [9.17, 15) is 0 Å². The second kappa shape index (κ2) is 8.10. The highest BCUT2D eigenvalue weighted by Crippen LogP contribution is 2.26. The van der Waals surface area contributed by atoms with Crippen LogP contribution in [0.4, 0.5) is 0 Å². The molecule has 0 amide bonds. The lowest BCUT2D eigenvalue weighted by Crippen LogP contribution is -2.54. The van der Waals surface area contributed by atoms with Gasteiger partial charge in [0.25, 0.3) is 0 Å². The van der Waals surface area contributed by atoms with Crippen LogP contribution >= 0.6 is 0 Å². The lowest BCUT2D eigenvalue weighted by molar-refractivity contribution is 0.0739. The topological polar surface area (TPSA) is 15.3 Å². The van der Waals surface area contributed by atoms with Crippen LogP contribution in [0.25, 0.3) is 0 Å². The van der Waals surface area contributed by atoms with Gasteiger partial charge >= 0.3 is 0 Å². The van der Waals surface area contributed by atoms with Crippen LogP contribution in [-0.4, -0.2) is 36.6 Å². The summed E-state index contributed by atoms with van der Waals surface area (Å²) in [5.74, 6) is 0. The van der Waals surface area contributed by atoms with E-state index in [1.807, 2.05) is 0 Å². The molecule has 1 aliphatic rings. The Morgan fingerprint density at radius 1 is 1.00 bits per heavy atom. The average Bonchev–Trinajstić information content (AvgIpc) is 2.39. The fraction of sp³-hybridized carbons (Fsp3) is 1.00. The largest absolute Gasteiger partial charge is 0.314 e. The lowest BCUT2D eigenvalue weighted by Gasteiger charge is -2.43. The fourth-order valence-corrected chi connectivity index (χ4v) is 2.87. The van der Waals surface area contributed by atoms with E-state index < -0.39 is 0 Å². The smallest absolute Gasteiger partial charge is 0.0179 e. The summed E-state index contributed by atoms with van der Waals surface area (Å²) in [4.78, 5) is 2.71. The van der Waals surface area contributed by atoms with Gasteiger partial charge in [-0.15, -0.1) is 0 Å². The second-order valence-electron chi connectivity index (χ2n) is 5.75.